The third-order valence-corrected chi connectivity index (χ3v) is 2.17. The number of alkyl halides is 2. The van der Waals surface area contributed by atoms with Gasteiger partial charge in [0.05, 0.1) is 6.54 Å². The number of hydrogen-bond acceptors (Lipinski definition) is 3. The molecule has 1 aromatic carbocycles. The Morgan fingerprint density at radius 2 is 2.18 bits per heavy atom. The van der Waals surface area contributed by atoms with Gasteiger partial charge >= 0.3 is 0 Å². The molecule has 0 bridgehead atoms. The van der Waals surface area contributed by atoms with Crippen LogP contribution in [0.5, 0.6) is 0 Å². The minimum Gasteiger partial charge on any atom is -0.409 e. The molecule has 17 heavy (non-hydrogen) atoms. The SMILES string of the molecule is CN(CC(F)F)c1ccc(F)cc1/C(N)=N/O. The van der Waals surface area contributed by atoms with Gasteiger partial charge in [-0.2, -0.15) is 0 Å². The van der Waals surface area contributed by atoms with Gasteiger partial charge in [-0.15, -0.1) is 0 Å². The van der Waals surface area contributed by atoms with Gasteiger partial charge in [0.25, 0.3) is 6.43 Å². The van der Waals surface area contributed by atoms with Crippen molar-refractivity contribution in [1.29, 1.82) is 0 Å². The van der Waals surface area contributed by atoms with Gasteiger partial charge < -0.3 is 15.8 Å². The molecule has 0 aromatic heterocycles. The van der Waals surface area contributed by atoms with Crippen molar-refractivity contribution in [2.45, 2.75) is 6.43 Å². The van der Waals surface area contributed by atoms with Crippen molar-refractivity contribution in [3.05, 3.63) is 29.6 Å². The maximum absolute atomic E-state index is 13.0. The van der Waals surface area contributed by atoms with Gasteiger partial charge in [0.2, 0.25) is 0 Å². The first-order valence-corrected chi connectivity index (χ1v) is 4.72. The minimum atomic E-state index is -2.54. The molecule has 0 aliphatic carbocycles. The van der Waals surface area contributed by atoms with Crippen LogP contribution in [0.25, 0.3) is 0 Å². The van der Waals surface area contributed by atoms with Crippen molar-refractivity contribution < 1.29 is 18.4 Å². The van der Waals surface area contributed by atoms with Crippen molar-refractivity contribution in [3.63, 3.8) is 0 Å². The number of nitrogens with two attached hydrogens (primary N) is 1. The summed E-state index contributed by atoms with van der Waals surface area (Å²) in [6.45, 7) is -0.530. The van der Waals surface area contributed by atoms with Crippen LogP contribution in [-0.4, -0.2) is 31.1 Å². The second-order valence-corrected chi connectivity index (χ2v) is 3.42. The summed E-state index contributed by atoms with van der Waals surface area (Å²) in [4.78, 5) is 1.21. The van der Waals surface area contributed by atoms with Gasteiger partial charge in [-0.05, 0) is 18.2 Å². The van der Waals surface area contributed by atoms with Crippen LogP contribution in [0, 0.1) is 5.82 Å². The number of benzene rings is 1. The average Bonchev–Trinajstić information content (AvgIpc) is 2.26. The number of nitrogens with zero attached hydrogens (tertiary/aromatic N) is 2. The molecular weight excluding hydrogens is 235 g/mol. The molecule has 0 radical (unpaired) electrons. The molecule has 3 N–H and O–H groups in total. The van der Waals surface area contributed by atoms with E-state index < -0.39 is 18.8 Å². The largest absolute Gasteiger partial charge is 0.409 e. The summed E-state index contributed by atoms with van der Waals surface area (Å²) >= 11 is 0. The van der Waals surface area contributed by atoms with E-state index in [1.807, 2.05) is 0 Å². The van der Waals surface area contributed by atoms with Crippen molar-refractivity contribution >= 4 is 11.5 Å². The molecular formula is C10H12F3N3O. The maximum Gasteiger partial charge on any atom is 0.255 e. The molecule has 1 rings (SSSR count). The molecule has 0 saturated carbocycles. The van der Waals surface area contributed by atoms with Crippen molar-refractivity contribution in [2.75, 3.05) is 18.5 Å². The molecule has 4 nitrogen and oxygen atoms in total. The molecule has 0 aliphatic rings. The van der Waals surface area contributed by atoms with E-state index >= 15 is 0 Å². The highest BCUT2D eigenvalue weighted by atomic mass is 19.3. The number of halogens is 3. The summed E-state index contributed by atoms with van der Waals surface area (Å²) < 4.78 is 37.5. The third-order valence-electron chi connectivity index (χ3n) is 2.17. The first-order valence-electron chi connectivity index (χ1n) is 4.72. The molecule has 1 aromatic rings. The Balaban J connectivity index is 3.14. The van der Waals surface area contributed by atoms with E-state index in [9.17, 15) is 13.2 Å². The summed E-state index contributed by atoms with van der Waals surface area (Å²) in [5.41, 5.74) is 5.68. The lowest BCUT2D eigenvalue weighted by atomic mass is 10.1. The van der Waals surface area contributed by atoms with E-state index in [-0.39, 0.29) is 17.1 Å². The monoisotopic (exact) mass is 247 g/mol. The highest BCUT2D eigenvalue weighted by Gasteiger charge is 2.15. The molecule has 0 heterocycles. The smallest absolute Gasteiger partial charge is 0.255 e. The summed E-state index contributed by atoms with van der Waals surface area (Å²) in [6, 6.07) is 3.43. The average molecular weight is 247 g/mol. The van der Waals surface area contributed by atoms with Gasteiger partial charge in [0.1, 0.15) is 5.82 Å². The number of anilines is 1. The second kappa shape index (κ2) is 5.42. The van der Waals surface area contributed by atoms with E-state index in [0.29, 0.717) is 0 Å². The summed E-state index contributed by atoms with van der Waals surface area (Å²) in [5.74, 6) is -0.929. The van der Waals surface area contributed by atoms with E-state index in [1.54, 1.807) is 0 Å². The van der Waals surface area contributed by atoms with Gasteiger partial charge in [0.15, 0.2) is 5.84 Å². The Bertz CT molecular complexity index is 423. The van der Waals surface area contributed by atoms with Crippen LogP contribution in [0.1, 0.15) is 5.56 Å². The molecule has 0 fully saturated rings. The first-order chi connectivity index (χ1) is 7.95. The number of oxime groups is 1. The highest BCUT2D eigenvalue weighted by Crippen LogP contribution is 2.21. The normalized spacial score (nSPS) is 11.9. The Morgan fingerprint density at radius 3 is 2.71 bits per heavy atom. The van der Waals surface area contributed by atoms with E-state index in [2.05, 4.69) is 5.16 Å². The van der Waals surface area contributed by atoms with Crippen LogP contribution in [0.3, 0.4) is 0 Å². The zero-order chi connectivity index (χ0) is 13.0. The Morgan fingerprint density at radius 1 is 1.53 bits per heavy atom. The minimum absolute atomic E-state index is 0.0654. The van der Waals surface area contributed by atoms with Crippen molar-refractivity contribution in [2.24, 2.45) is 10.9 Å². The lowest BCUT2D eigenvalue weighted by Gasteiger charge is -2.21. The van der Waals surface area contributed by atoms with Crippen LogP contribution >= 0.6 is 0 Å². The molecule has 0 saturated heterocycles. The predicted molar refractivity (Wildman–Crippen MR) is 58.2 cm³/mol. The second-order valence-electron chi connectivity index (χ2n) is 3.42. The molecule has 0 aliphatic heterocycles. The van der Waals surface area contributed by atoms with E-state index in [4.69, 9.17) is 10.9 Å². The summed E-state index contributed by atoms with van der Waals surface area (Å²) in [5, 5.41) is 11.3. The molecule has 0 atom stereocenters. The van der Waals surface area contributed by atoms with Crippen LogP contribution in [0.2, 0.25) is 0 Å². The fourth-order valence-corrected chi connectivity index (χ4v) is 1.41. The van der Waals surface area contributed by atoms with Crippen LogP contribution in [0.4, 0.5) is 18.9 Å². The Labute approximate surface area is 96.1 Å². The molecule has 0 unspecified atom stereocenters. The molecule has 0 amide bonds. The quantitative estimate of drug-likeness (QED) is 0.368. The van der Waals surface area contributed by atoms with E-state index in [1.165, 1.54) is 18.0 Å². The van der Waals surface area contributed by atoms with Gasteiger partial charge in [-0.25, -0.2) is 13.2 Å². The zero-order valence-corrected chi connectivity index (χ0v) is 9.07. The number of hydrogen-bond donors (Lipinski definition) is 2. The summed E-state index contributed by atoms with van der Waals surface area (Å²) in [6.07, 6.45) is -2.54. The lowest BCUT2D eigenvalue weighted by Crippen LogP contribution is -2.27. The fraction of sp³-hybridized carbons (Fsp3) is 0.300. The number of amidine groups is 1. The topological polar surface area (TPSA) is 61.8 Å². The van der Waals surface area contributed by atoms with Crippen LogP contribution < -0.4 is 10.6 Å². The van der Waals surface area contributed by atoms with Gasteiger partial charge in [0, 0.05) is 18.3 Å². The van der Waals surface area contributed by atoms with Crippen LogP contribution in [-0.2, 0) is 0 Å². The summed E-state index contributed by atoms with van der Waals surface area (Å²) in [7, 11) is 1.41. The zero-order valence-electron chi connectivity index (χ0n) is 9.07. The van der Waals surface area contributed by atoms with Gasteiger partial charge in [-0.1, -0.05) is 5.16 Å². The maximum atomic E-state index is 13.0. The first kappa shape index (κ1) is 13.1. The predicted octanol–water partition coefficient (Wildman–Crippen LogP) is 1.62. The fourth-order valence-electron chi connectivity index (χ4n) is 1.41. The molecule has 94 valence electrons. The van der Waals surface area contributed by atoms with Gasteiger partial charge in [-0.3, -0.25) is 0 Å². The standard InChI is InChI=1S/C10H12F3N3O/c1-16(5-9(12)13)8-3-2-6(11)4-7(8)10(14)15-17/h2-4,9,17H,5H2,1H3,(H2,14,15). The number of rotatable bonds is 4. The Hall–Kier alpha value is -1.92. The van der Waals surface area contributed by atoms with Crippen LogP contribution in [0.15, 0.2) is 23.4 Å². The Kier molecular flexibility index (Phi) is 4.19. The molecule has 0 spiro atoms. The lowest BCUT2D eigenvalue weighted by molar-refractivity contribution is 0.156. The van der Waals surface area contributed by atoms with Crippen molar-refractivity contribution in [1.82, 2.24) is 0 Å². The van der Waals surface area contributed by atoms with Crippen molar-refractivity contribution in [3.8, 4) is 0 Å². The molecule has 7 heteroatoms. The van der Waals surface area contributed by atoms with E-state index in [0.717, 1.165) is 12.1 Å². The third kappa shape index (κ3) is 3.27. The highest BCUT2D eigenvalue weighted by molar-refractivity contribution is 6.02.